The molecular weight excluding hydrogens is 768 g/mol. The molecule has 0 amide bonds. The van der Waals surface area contributed by atoms with E-state index in [1.807, 2.05) is 0 Å². The maximum atomic E-state index is 14.4. The Hall–Kier alpha value is -1.39. The van der Waals surface area contributed by atoms with Crippen molar-refractivity contribution in [2.24, 2.45) is 0 Å². The van der Waals surface area contributed by atoms with Crippen molar-refractivity contribution in [3.8, 4) is 0 Å². The molecule has 0 aromatic carbocycles. The molecule has 0 aliphatic carbocycles. The lowest BCUT2D eigenvalue weighted by molar-refractivity contribution is -0.459. The first kappa shape index (κ1) is 41.6. The minimum Gasteiger partial charge on any atom is -0.354 e. The van der Waals surface area contributed by atoms with Crippen LogP contribution >= 0.6 is 0 Å². The van der Waals surface area contributed by atoms with Crippen LogP contribution in [0.25, 0.3) is 0 Å². The summed E-state index contributed by atoms with van der Waals surface area (Å²) in [4.78, 5) is 0. The summed E-state index contributed by atoms with van der Waals surface area (Å²) >= 11 is 0. The maximum absolute atomic E-state index is 14.4. The summed E-state index contributed by atoms with van der Waals surface area (Å²) in [5.74, 6) is -56.8. The smallest absolute Gasteiger partial charge is 0.354 e. The molecule has 0 saturated heterocycles. The normalized spacial score (nSPS) is 18.1. The largest absolute Gasteiger partial charge is 0.797 e. The van der Waals surface area contributed by atoms with Crippen molar-refractivity contribution < 1.29 is 129 Å². The quantitative estimate of drug-likeness (QED) is 0.113. The molecule has 0 rings (SSSR count). The molecule has 0 N–H and O–H groups in total. The van der Waals surface area contributed by atoms with Crippen molar-refractivity contribution in [2.45, 2.75) is 59.0 Å². The highest BCUT2D eigenvalue weighted by molar-refractivity contribution is 6.81. The fourth-order valence-corrected chi connectivity index (χ4v) is 7.47. The van der Waals surface area contributed by atoms with Gasteiger partial charge < -0.3 is 8.23 Å². The van der Waals surface area contributed by atoms with E-state index in [1.165, 1.54) is 8.23 Å². The van der Waals surface area contributed by atoms with Gasteiger partial charge in [0.2, 0.25) is 0 Å². The van der Waals surface area contributed by atoms with Crippen LogP contribution in [0.2, 0.25) is 0 Å². The fraction of sp³-hybridized carbons (Fsp3) is 1.00. The van der Waals surface area contributed by atoms with Crippen LogP contribution in [-0.2, 0) is 8.23 Å². The molecule has 260 valence electrons. The van der Waals surface area contributed by atoms with Gasteiger partial charge in [0.25, 0.3) is 0 Å². The number of hydrogen-bond donors (Lipinski definition) is 0. The number of hydrogen-bond acceptors (Lipinski definition) is 2. The molecule has 0 heterocycles. The van der Waals surface area contributed by atoms with Crippen molar-refractivity contribution >= 4 is 27.2 Å². The van der Waals surface area contributed by atoms with Crippen LogP contribution in [0.3, 0.4) is 0 Å². The van der Waals surface area contributed by atoms with E-state index in [1.54, 1.807) is 0 Å². The highest BCUT2D eigenvalue weighted by atomic mass is 28.6. The van der Waals surface area contributed by atoms with Gasteiger partial charge in [-0.05, 0) is 0 Å². The molecule has 0 aliphatic rings. The topological polar surface area (TPSA) is 18.5 Å². The lowest BCUT2D eigenvalue weighted by Crippen LogP contribution is -2.81. The standard InChI is InChI=1S/C10F28O2Si3/c11-1(12,3(15,16)5(19,20)7(23,24)25)2(13,14)4(17,18)6(21,22)9(29,30)41(33,10(31,32)8(26,27)28)39-43(37,38)40-42(34,35)36. The van der Waals surface area contributed by atoms with Gasteiger partial charge in [0.1, 0.15) is 0 Å². The van der Waals surface area contributed by atoms with E-state index < -0.39 is 86.2 Å². The van der Waals surface area contributed by atoms with Crippen LogP contribution in [0.4, 0.5) is 121 Å². The predicted molar refractivity (Wildman–Crippen MR) is 77.8 cm³/mol. The Morgan fingerprint density at radius 1 is 0.302 bits per heavy atom. The SMILES string of the molecule is FC(F)(F)C(F)(F)C(F)(F)C(F)(F)C(F)(F)C(F)(F)C(F)(F)C(F)(F)[Si](F)(O[Si](F)(F)O[Si](F)(F)F)C(F)(F)C(F)(F)F. The zero-order valence-electron chi connectivity index (χ0n) is 17.9. The molecule has 2 nitrogen and oxygen atoms in total. The maximum Gasteiger partial charge on any atom is 0.797 e. The second kappa shape index (κ2) is 10.3. The first-order valence-electron chi connectivity index (χ1n) is 8.61. The Balaban J connectivity index is 7.70. The van der Waals surface area contributed by atoms with Gasteiger partial charge in [-0.25, -0.2) is 20.5 Å². The highest BCUT2D eigenvalue weighted by Gasteiger charge is 3.01. The zero-order chi connectivity index (χ0) is 35.9. The van der Waals surface area contributed by atoms with E-state index in [-0.39, 0.29) is 0 Å². The van der Waals surface area contributed by atoms with E-state index in [9.17, 15) is 121 Å². The third-order valence-corrected chi connectivity index (χ3v) is 10.5. The molecule has 1 unspecified atom stereocenters. The van der Waals surface area contributed by atoms with Crippen LogP contribution < -0.4 is 0 Å². The van der Waals surface area contributed by atoms with E-state index >= 15 is 0 Å². The Kier molecular flexibility index (Phi) is 9.98. The van der Waals surface area contributed by atoms with Crippen molar-refractivity contribution in [2.75, 3.05) is 0 Å². The summed E-state index contributed by atoms with van der Waals surface area (Å²) < 4.78 is 368. The summed E-state index contributed by atoms with van der Waals surface area (Å²) in [5, 5.41) is 0. The summed E-state index contributed by atoms with van der Waals surface area (Å²) in [6.07, 6.45) is -16.8. The third-order valence-electron chi connectivity index (χ3n) is 4.38. The van der Waals surface area contributed by atoms with Crippen LogP contribution in [0.1, 0.15) is 0 Å². The Bertz CT molecular complexity index is 1010. The molecule has 0 aromatic heterocycles. The Labute approximate surface area is 217 Å². The van der Waals surface area contributed by atoms with Gasteiger partial charge in [0.15, 0.2) is 0 Å². The lowest BCUT2D eigenvalue weighted by atomic mass is 9.91. The van der Waals surface area contributed by atoms with Crippen molar-refractivity contribution in [3.63, 3.8) is 0 Å². The van der Waals surface area contributed by atoms with Gasteiger partial charge in [-0.15, -0.1) is 0 Å². The minimum absolute atomic E-state index is 1.19. The molecule has 0 radical (unpaired) electrons. The second-order valence-corrected chi connectivity index (χ2v) is 13.2. The van der Waals surface area contributed by atoms with Crippen LogP contribution in [0, 0.1) is 0 Å². The van der Waals surface area contributed by atoms with Gasteiger partial charge in [-0.3, -0.25) is 4.11 Å². The third kappa shape index (κ3) is 5.98. The average molecular weight is 768 g/mol. The first-order valence-corrected chi connectivity index (χ1v) is 13.5. The number of alkyl halides is 22. The average Bonchev–Trinajstić information content (AvgIpc) is 2.68. The Morgan fingerprint density at radius 3 is 0.837 bits per heavy atom. The zero-order valence-corrected chi connectivity index (χ0v) is 20.9. The molecule has 0 saturated carbocycles. The first-order chi connectivity index (χ1) is 17.9. The molecule has 0 aliphatic heterocycles. The summed E-state index contributed by atoms with van der Waals surface area (Å²) in [6.45, 7) is 0. The van der Waals surface area contributed by atoms with Gasteiger partial charge in [-0.2, -0.15) is 96.6 Å². The van der Waals surface area contributed by atoms with Crippen LogP contribution in [0.5, 0.6) is 0 Å². The monoisotopic (exact) mass is 768 g/mol. The van der Waals surface area contributed by atoms with Gasteiger partial charge >= 0.3 is 86.2 Å². The van der Waals surface area contributed by atoms with E-state index in [0.29, 0.717) is 0 Å². The highest BCUT2D eigenvalue weighted by Crippen LogP contribution is 2.66. The van der Waals surface area contributed by atoms with E-state index in [0.717, 1.165) is 0 Å². The molecule has 0 spiro atoms. The summed E-state index contributed by atoms with van der Waals surface area (Å²) in [5.41, 5.74) is -18.6. The van der Waals surface area contributed by atoms with E-state index in [2.05, 4.69) is 0 Å². The second-order valence-electron chi connectivity index (χ2n) is 7.30. The molecule has 0 fully saturated rings. The van der Waals surface area contributed by atoms with Gasteiger partial charge in [0.05, 0.1) is 0 Å². The fourth-order valence-electron chi connectivity index (χ4n) is 2.19. The molecule has 43 heavy (non-hydrogen) atoms. The van der Waals surface area contributed by atoms with Gasteiger partial charge in [0, 0.05) is 0 Å². The van der Waals surface area contributed by atoms with Crippen LogP contribution in [0.15, 0.2) is 0 Å². The Morgan fingerprint density at radius 2 is 0.581 bits per heavy atom. The van der Waals surface area contributed by atoms with E-state index in [4.69, 9.17) is 0 Å². The van der Waals surface area contributed by atoms with Crippen molar-refractivity contribution in [3.05, 3.63) is 0 Å². The molecule has 0 bridgehead atoms. The summed E-state index contributed by atoms with van der Waals surface area (Å²) in [6, 6.07) is 0. The van der Waals surface area contributed by atoms with Crippen molar-refractivity contribution in [1.29, 1.82) is 0 Å². The van der Waals surface area contributed by atoms with Gasteiger partial charge in [-0.1, -0.05) is 0 Å². The minimum atomic E-state index is -11.5. The predicted octanol–water partition coefficient (Wildman–Crippen LogP) is 8.44. The van der Waals surface area contributed by atoms with Crippen LogP contribution in [-0.4, -0.2) is 86.2 Å². The molecule has 33 heteroatoms. The molecule has 0 aromatic rings. The molecular formula is C10F28O2Si3. The number of halogens is 28. The lowest BCUT2D eigenvalue weighted by Gasteiger charge is -2.45. The molecule has 1 atom stereocenters. The van der Waals surface area contributed by atoms with Crippen molar-refractivity contribution in [1.82, 2.24) is 0 Å². The summed E-state index contributed by atoms with van der Waals surface area (Å²) in [7, 11) is -29.9. The number of rotatable bonds is 12.